The SMILES string of the molecule is Cc1cc(CNC2CC2)nc(N2CCOCC2)n1. The van der Waals surface area contributed by atoms with Crippen LogP contribution in [0.5, 0.6) is 0 Å². The second-order valence-electron chi connectivity index (χ2n) is 5.06. The smallest absolute Gasteiger partial charge is 0.225 e. The Balaban J connectivity index is 1.71. The van der Waals surface area contributed by atoms with Gasteiger partial charge in [-0.3, -0.25) is 0 Å². The van der Waals surface area contributed by atoms with Gasteiger partial charge in [-0.25, -0.2) is 9.97 Å². The van der Waals surface area contributed by atoms with Gasteiger partial charge in [0.25, 0.3) is 0 Å². The summed E-state index contributed by atoms with van der Waals surface area (Å²) >= 11 is 0. The first-order valence-electron chi connectivity index (χ1n) is 6.72. The summed E-state index contributed by atoms with van der Waals surface area (Å²) in [5, 5.41) is 3.50. The van der Waals surface area contributed by atoms with Gasteiger partial charge in [-0.15, -0.1) is 0 Å². The van der Waals surface area contributed by atoms with E-state index in [0.29, 0.717) is 6.04 Å². The highest BCUT2D eigenvalue weighted by Crippen LogP contribution is 2.19. The Morgan fingerprint density at radius 3 is 2.83 bits per heavy atom. The summed E-state index contributed by atoms with van der Waals surface area (Å²) in [5.74, 6) is 0.853. The van der Waals surface area contributed by atoms with Crippen LogP contribution in [-0.2, 0) is 11.3 Å². The molecule has 1 saturated carbocycles. The zero-order chi connectivity index (χ0) is 12.4. The molecule has 0 unspecified atom stereocenters. The number of nitrogens with zero attached hydrogens (tertiary/aromatic N) is 3. The maximum atomic E-state index is 5.36. The van der Waals surface area contributed by atoms with Gasteiger partial charge in [0.05, 0.1) is 18.9 Å². The molecule has 2 aliphatic rings. The summed E-state index contributed by atoms with van der Waals surface area (Å²) < 4.78 is 5.36. The molecule has 5 heteroatoms. The highest BCUT2D eigenvalue weighted by atomic mass is 16.5. The molecule has 1 aliphatic carbocycles. The van der Waals surface area contributed by atoms with E-state index in [1.54, 1.807) is 0 Å². The van der Waals surface area contributed by atoms with Crippen LogP contribution < -0.4 is 10.2 Å². The van der Waals surface area contributed by atoms with Gasteiger partial charge in [0.15, 0.2) is 0 Å². The standard InChI is InChI=1S/C13H20N4O/c1-10-8-12(9-14-11-2-3-11)16-13(15-10)17-4-6-18-7-5-17/h8,11,14H,2-7,9H2,1H3. The van der Waals surface area contributed by atoms with Crippen LogP contribution in [0.2, 0.25) is 0 Å². The Labute approximate surface area is 108 Å². The lowest BCUT2D eigenvalue weighted by Gasteiger charge is -2.27. The second kappa shape index (κ2) is 5.20. The molecule has 0 radical (unpaired) electrons. The van der Waals surface area contributed by atoms with E-state index in [1.807, 2.05) is 6.92 Å². The molecule has 2 fully saturated rings. The Bertz CT molecular complexity index is 413. The van der Waals surface area contributed by atoms with Crippen molar-refractivity contribution in [3.63, 3.8) is 0 Å². The number of anilines is 1. The molecule has 1 saturated heterocycles. The molecule has 0 aromatic carbocycles. The van der Waals surface area contributed by atoms with E-state index in [1.165, 1.54) is 12.8 Å². The molecule has 5 nitrogen and oxygen atoms in total. The van der Waals surface area contributed by atoms with Crippen molar-refractivity contribution in [1.82, 2.24) is 15.3 Å². The minimum absolute atomic E-state index is 0.715. The van der Waals surface area contributed by atoms with Gasteiger partial charge in [0, 0.05) is 31.4 Å². The molecule has 18 heavy (non-hydrogen) atoms. The van der Waals surface area contributed by atoms with Crippen molar-refractivity contribution in [2.45, 2.75) is 32.4 Å². The van der Waals surface area contributed by atoms with E-state index in [2.05, 4.69) is 26.3 Å². The fourth-order valence-electron chi connectivity index (χ4n) is 2.15. The lowest BCUT2D eigenvalue weighted by Crippen LogP contribution is -2.37. The van der Waals surface area contributed by atoms with Gasteiger partial charge in [-0.05, 0) is 25.8 Å². The van der Waals surface area contributed by atoms with E-state index in [9.17, 15) is 0 Å². The number of hydrogen-bond donors (Lipinski definition) is 1. The summed E-state index contributed by atoms with van der Waals surface area (Å²) in [4.78, 5) is 11.4. The first kappa shape index (κ1) is 11.9. The number of nitrogens with one attached hydrogen (secondary N) is 1. The van der Waals surface area contributed by atoms with Gasteiger partial charge in [-0.1, -0.05) is 0 Å². The van der Waals surface area contributed by atoms with Crippen molar-refractivity contribution in [3.05, 3.63) is 17.5 Å². The lowest BCUT2D eigenvalue weighted by atomic mass is 10.3. The summed E-state index contributed by atoms with van der Waals surface area (Å²) in [7, 11) is 0. The molecular formula is C13H20N4O. The fraction of sp³-hybridized carbons (Fsp3) is 0.692. The molecule has 0 amide bonds. The van der Waals surface area contributed by atoms with Crippen LogP contribution in [0.15, 0.2) is 6.07 Å². The van der Waals surface area contributed by atoms with Crippen molar-refractivity contribution in [3.8, 4) is 0 Å². The third-order valence-corrected chi connectivity index (χ3v) is 3.34. The average Bonchev–Trinajstić information content (AvgIpc) is 3.21. The van der Waals surface area contributed by atoms with E-state index in [0.717, 1.165) is 50.2 Å². The number of aryl methyl sites for hydroxylation is 1. The van der Waals surface area contributed by atoms with Crippen molar-refractivity contribution in [2.24, 2.45) is 0 Å². The summed E-state index contributed by atoms with van der Waals surface area (Å²) in [6, 6.07) is 2.78. The number of hydrogen-bond acceptors (Lipinski definition) is 5. The maximum Gasteiger partial charge on any atom is 0.225 e. The van der Waals surface area contributed by atoms with E-state index in [-0.39, 0.29) is 0 Å². The van der Waals surface area contributed by atoms with Crippen LogP contribution in [0.3, 0.4) is 0 Å². The van der Waals surface area contributed by atoms with Crippen molar-refractivity contribution in [1.29, 1.82) is 0 Å². The van der Waals surface area contributed by atoms with Gasteiger partial charge < -0.3 is 15.0 Å². The molecule has 1 aliphatic heterocycles. The number of aromatic nitrogens is 2. The lowest BCUT2D eigenvalue weighted by molar-refractivity contribution is 0.122. The monoisotopic (exact) mass is 248 g/mol. The van der Waals surface area contributed by atoms with Gasteiger partial charge in [0.2, 0.25) is 5.95 Å². The van der Waals surface area contributed by atoms with Crippen molar-refractivity contribution < 1.29 is 4.74 Å². The molecule has 0 bridgehead atoms. The quantitative estimate of drug-likeness (QED) is 0.857. The van der Waals surface area contributed by atoms with Crippen molar-refractivity contribution in [2.75, 3.05) is 31.2 Å². The molecular weight excluding hydrogens is 228 g/mol. The summed E-state index contributed by atoms with van der Waals surface area (Å²) in [5.41, 5.74) is 2.13. The van der Waals surface area contributed by atoms with Gasteiger partial charge >= 0.3 is 0 Å². The molecule has 0 atom stereocenters. The number of rotatable bonds is 4. The molecule has 1 aromatic rings. The maximum absolute atomic E-state index is 5.36. The van der Waals surface area contributed by atoms with Crippen LogP contribution in [0.1, 0.15) is 24.2 Å². The topological polar surface area (TPSA) is 50.3 Å². The Morgan fingerprint density at radius 1 is 1.33 bits per heavy atom. The van der Waals surface area contributed by atoms with Crippen LogP contribution >= 0.6 is 0 Å². The third kappa shape index (κ3) is 2.97. The summed E-state index contributed by atoms with van der Waals surface area (Å²) in [6.07, 6.45) is 2.61. The average molecular weight is 248 g/mol. The Kier molecular flexibility index (Phi) is 3.43. The van der Waals surface area contributed by atoms with Crippen LogP contribution in [0, 0.1) is 6.92 Å². The minimum atomic E-state index is 0.715. The Morgan fingerprint density at radius 2 is 2.11 bits per heavy atom. The molecule has 1 aromatic heterocycles. The van der Waals surface area contributed by atoms with E-state index in [4.69, 9.17) is 4.74 Å². The number of ether oxygens (including phenoxy) is 1. The molecule has 1 N–H and O–H groups in total. The number of morpholine rings is 1. The van der Waals surface area contributed by atoms with Crippen LogP contribution in [0.4, 0.5) is 5.95 Å². The normalized spacial score (nSPS) is 20.2. The summed E-state index contributed by atoms with van der Waals surface area (Å²) in [6.45, 7) is 6.20. The van der Waals surface area contributed by atoms with Crippen LogP contribution in [0.25, 0.3) is 0 Å². The zero-order valence-electron chi connectivity index (χ0n) is 10.9. The zero-order valence-corrected chi connectivity index (χ0v) is 10.9. The molecule has 0 spiro atoms. The largest absolute Gasteiger partial charge is 0.378 e. The molecule has 2 heterocycles. The first-order chi connectivity index (χ1) is 8.81. The van der Waals surface area contributed by atoms with Crippen LogP contribution in [-0.4, -0.2) is 42.3 Å². The van der Waals surface area contributed by atoms with Gasteiger partial charge in [-0.2, -0.15) is 0 Å². The minimum Gasteiger partial charge on any atom is -0.378 e. The third-order valence-electron chi connectivity index (χ3n) is 3.34. The first-order valence-corrected chi connectivity index (χ1v) is 6.72. The molecule has 3 rings (SSSR count). The highest BCUT2D eigenvalue weighted by Gasteiger charge is 2.21. The van der Waals surface area contributed by atoms with E-state index >= 15 is 0 Å². The van der Waals surface area contributed by atoms with Gasteiger partial charge in [0.1, 0.15) is 0 Å². The predicted octanol–water partition coefficient (Wildman–Crippen LogP) is 0.874. The predicted molar refractivity (Wildman–Crippen MR) is 69.7 cm³/mol. The fourth-order valence-corrected chi connectivity index (χ4v) is 2.15. The Hall–Kier alpha value is -1.20. The van der Waals surface area contributed by atoms with Crippen molar-refractivity contribution >= 4 is 5.95 Å². The molecule has 98 valence electrons. The van der Waals surface area contributed by atoms with E-state index < -0.39 is 0 Å². The highest BCUT2D eigenvalue weighted by molar-refractivity contribution is 5.32. The second-order valence-corrected chi connectivity index (χ2v) is 5.06.